The third-order valence-corrected chi connectivity index (χ3v) is 13.5. The number of rotatable bonds is 15. The molecule has 0 radical (unpaired) electrons. The standard InChI is InChI=1S/C47H64BrN7O7/c1-28(2)41(49-30(5)61-6)45(58)53-26-8-10-39(53)43(56)50-34-18-12-31(13-19-34)37-24-25-38(55(37)36-22-16-33(48)17-23-36)32-14-20-35(21-15-32)51-44(57)40-11-9-27-54(40)46(59)42(29(3)4)52-47(60)62-7/h12-14,16-22,28-29,32,36-42,49H,5,8-11,15,23-27H2,1-4,6-7H3,(H,50,56)(H,51,57)(H,52,60)/t32?,36?,37-,38-,39-,40-,41-,42-/m0/s1. The molecular formula is C47H64BrN7O7. The third-order valence-electron chi connectivity index (χ3n) is 12.9. The molecule has 2 unspecified atom stereocenters. The van der Waals surface area contributed by atoms with Crippen LogP contribution in [0.1, 0.15) is 90.7 Å². The molecular weight excluding hydrogens is 854 g/mol. The van der Waals surface area contributed by atoms with Crippen molar-refractivity contribution in [2.75, 3.05) is 32.6 Å². The van der Waals surface area contributed by atoms with Crippen LogP contribution in [0.25, 0.3) is 0 Å². The lowest BCUT2D eigenvalue weighted by Crippen LogP contribution is -2.55. The van der Waals surface area contributed by atoms with E-state index in [4.69, 9.17) is 9.47 Å². The van der Waals surface area contributed by atoms with E-state index < -0.39 is 30.3 Å². The number of ether oxygens (including phenoxy) is 2. The number of methoxy groups -OCH3 is 2. The second-order valence-electron chi connectivity index (χ2n) is 17.6. The van der Waals surface area contributed by atoms with Gasteiger partial charge in [-0.25, -0.2) is 4.79 Å². The van der Waals surface area contributed by atoms with Gasteiger partial charge in [-0.3, -0.25) is 24.1 Å². The van der Waals surface area contributed by atoms with E-state index in [0.29, 0.717) is 43.9 Å². The summed E-state index contributed by atoms with van der Waals surface area (Å²) in [4.78, 5) is 72.4. The highest BCUT2D eigenvalue weighted by atomic mass is 79.9. The number of likely N-dealkylation sites (tertiary alicyclic amines) is 3. The van der Waals surface area contributed by atoms with E-state index >= 15 is 0 Å². The third kappa shape index (κ3) is 10.8. The van der Waals surface area contributed by atoms with E-state index in [2.05, 4.69) is 91.2 Å². The molecule has 3 saturated heterocycles. The largest absolute Gasteiger partial charge is 0.483 e. The maximum Gasteiger partial charge on any atom is 0.407 e. The average molecular weight is 919 g/mol. The van der Waals surface area contributed by atoms with Gasteiger partial charge in [0.05, 0.1) is 14.2 Å². The lowest BCUT2D eigenvalue weighted by atomic mass is 9.89. The lowest BCUT2D eigenvalue weighted by molar-refractivity contribution is -0.140. The van der Waals surface area contributed by atoms with Crippen molar-refractivity contribution in [1.29, 1.82) is 0 Å². The van der Waals surface area contributed by atoms with Crippen molar-refractivity contribution in [3.63, 3.8) is 0 Å². The lowest BCUT2D eigenvalue weighted by Gasteiger charge is -2.40. The predicted molar refractivity (Wildman–Crippen MR) is 242 cm³/mol. The molecule has 1 aromatic rings. The fourth-order valence-electron chi connectivity index (χ4n) is 9.58. The van der Waals surface area contributed by atoms with Crippen LogP contribution in [0.2, 0.25) is 0 Å². The highest BCUT2D eigenvalue weighted by Crippen LogP contribution is 2.44. The number of carbonyl (C=O) groups is 5. The minimum atomic E-state index is -0.793. The van der Waals surface area contributed by atoms with Crippen molar-refractivity contribution in [2.45, 2.75) is 121 Å². The number of nitrogens with one attached hydrogen (secondary N) is 4. The summed E-state index contributed by atoms with van der Waals surface area (Å²) in [5.41, 5.74) is 2.59. The number of hydrogen-bond acceptors (Lipinski definition) is 9. The number of carbonyl (C=O) groups excluding carboxylic acids is 5. The fraction of sp³-hybridized carbons (Fsp3) is 0.553. The van der Waals surface area contributed by atoms with Crippen LogP contribution in [0.5, 0.6) is 0 Å². The first-order valence-electron chi connectivity index (χ1n) is 22.1. The molecule has 0 saturated carbocycles. The topological polar surface area (TPSA) is 162 Å². The number of amides is 5. The summed E-state index contributed by atoms with van der Waals surface area (Å²) in [6.07, 6.45) is 18.4. The highest BCUT2D eigenvalue weighted by molar-refractivity contribution is 9.11. The zero-order valence-electron chi connectivity index (χ0n) is 36.9. The number of benzene rings is 1. The Kier molecular flexibility index (Phi) is 15.8. The summed E-state index contributed by atoms with van der Waals surface area (Å²) in [5, 5.41) is 11.9. The van der Waals surface area contributed by atoms with E-state index in [-0.39, 0.29) is 59.5 Å². The molecule has 0 bridgehead atoms. The van der Waals surface area contributed by atoms with Crippen molar-refractivity contribution in [2.24, 2.45) is 17.8 Å². The minimum absolute atomic E-state index is 0.0324. The fourth-order valence-corrected chi connectivity index (χ4v) is 9.92. The van der Waals surface area contributed by atoms with Gasteiger partial charge < -0.3 is 40.5 Å². The number of hydrogen-bond donors (Lipinski definition) is 4. The molecule has 3 fully saturated rings. The second-order valence-corrected chi connectivity index (χ2v) is 18.5. The van der Waals surface area contributed by atoms with Crippen molar-refractivity contribution < 1.29 is 33.4 Å². The van der Waals surface area contributed by atoms with E-state index in [1.807, 2.05) is 45.9 Å². The normalized spacial score (nSPS) is 25.8. The van der Waals surface area contributed by atoms with Crippen LogP contribution in [0.3, 0.4) is 0 Å². The van der Waals surface area contributed by atoms with Gasteiger partial charge in [0.2, 0.25) is 23.6 Å². The number of allylic oxidation sites excluding steroid dienone is 4. The minimum Gasteiger partial charge on any atom is -0.483 e. The Morgan fingerprint density at radius 2 is 1.35 bits per heavy atom. The molecule has 14 nitrogen and oxygen atoms in total. The smallest absolute Gasteiger partial charge is 0.407 e. The summed E-state index contributed by atoms with van der Waals surface area (Å²) >= 11 is 3.64. The summed E-state index contributed by atoms with van der Waals surface area (Å²) < 4.78 is 11.0. The van der Waals surface area contributed by atoms with E-state index in [9.17, 15) is 24.0 Å². The maximum absolute atomic E-state index is 13.7. The molecule has 0 spiro atoms. The van der Waals surface area contributed by atoms with Gasteiger partial charge in [-0.05, 0) is 99.5 Å². The predicted octanol–water partition coefficient (Wildman–Crippen LogP) is 6.41. The molecule has 15 heteroatoms. The van der Waals surface area contributed by atoms with Gasteiger partial charge >= 0.3 is 6.09 Å². The number of halogens is 1. The molecule has 1 aromatic carbocycles. The SMILES string of the molecule is C=C(N[C@H](C(=O)N1CCC[C@H]1C(=O)Nc1ccc([C@@H]2CC[C@@H](C3C=CC(NC(=O)[C@@H]4CCCN4C(=O)[C@@H](NC(=O)OC)C(C)C)=CC3)N2C2C=CC(Br)=CC2)cc1)C(C)C)OC. The molecule has 8 atom stereocenters. The zero-order chi connectivity index (χ0) is 44.7. The van der Waals surface area contributed by atoms with E-state index in [1.165, 1.54) is 19.8 Å². The Balaban J connectivity index is 1.10. The Morgan fingerprint density at radius 3 is 1.89 bits per heavy atom. The first-order valence-corrected chi connectivity index (χ1v) is 22.9. The molecule has 5 amide bonds. The number of alkyl carbamates (subject to hydrolysis) is 1. The molecule has 0 aromatic heterocycles. The van der Waals surface area contributed by atoms with Crippen LogP contribution in [0, 0.1) is 17.8 Å². The van der Waals surface area contributed by atoms with Crippen molar-refractivity contribution in [3.8, 4) is 0 Å². The molecule has 4 N–H and O–H groups in total. The van der Waals surface area contributed by atoms with Gasteiger partial charge in [-0.2, -0.15) is 0 Å². The van der Waals surface area contributed by atoms with Gasteiger partial charge in [0.1, 0.15) is 24.2 Å². The second kappa shape index (κ2) is 21.0. The van der Waals surface area contributed by atoms with Gasteiger partial charge in [0, 0.05) is 47.1 Å². The molecule has 3 heterocycles. The van der Waals surface area contributed by atoms with Gasteiger partial charge in [0.25, 0.3) is 0 Å². The Labute approximate surface area is 374 Å². The summed E-state index contributed by atoms with van der Waals surface area (Å²) in [6.45, 7) is 12.4. The number of nitrogens with zero attached hydrogens (tertiary/aromatic N) is 3. The molecule has 62 heavy (non-hydrogen) atoms. The van der Waals surface area contributed by atoms with Crippen LogP contribution in [-0.4, -0.2) is 108 Å². The molecule has 3 aliphatic heterocycles. The van der Waals surface area contributed by atoms with E-state index in [0.717, 1.165) is 42.3 Å². The quantitative estimate of drug-likeness (QED) is 0.146. The molecule has 6 rings (SSSR count). The Hall–Kier alpha value is -4.89. The zero-order valence-corrected chi connectivity index (χ0v) is 38.5. The van der Waals surface area contributed by atoms with Gasteiger partial charge in [-0.1, -0.05) is 86.1 Å². The van der Waals surface area contributed by atoms with E-state index in [1.54, 1.807) is 9.80 Å². The maximum atomic E-state index is 13.7. The average Bonchev–Trinajstić information content (AvgIpc) is 4.06. The van der Waals surface area contributed by atoms with Crippen LogP contribution in [0.15, 0.2) is 83.4 Å². The van der Waals surface area contributed by atoms with Crippen molar-refractivity contribution in [3.05, 3.63) is 88.9 Å². The first-order chi connectivity index (χ1) is 29.7. The molecule has 2 aliphatic carbocycles. The van der Waals surface area contributed by atoms with Crippen LogP contribution >= 0.6 is 15.9 Å². The number of anilines is 1. The summed E-state index contributed by atoms with van der Waals surface area (Å²) in [6, 6.07) is 6.20. The van der Waals surface area contributed by atoms with Crippen molar-refractivity contribution in [1.82, 2.24) is 30.7 Å². The monoisotopic (exact) mass is 917 g/mol. The van der Waals surface area contributed by atoms with Gasteiger partial charge in [-0.15, -0.1) is 0 Å². The Morgan fingerprint density at radius 1 is 0.742 bits per heavy atom. The van der Waals surface area contributed by atoms with Crippen LogP contribution in [0.4, 0.5) is 10.5 Å². The molecule has 336 valence electrons. The van der Waals surface area contributed by atoms with Gasteiger partial charge in [0.15, 0.2) is 5.88 Å². The highest BCUT2D eigenvalue weighted by Gasteiger charge is 2.43. The summed E-state index contributed by atoms with van der Waals surface area (Å²) in [7, 11) is 2.76. The van der Waals surface area contributed by atoms with Crippen LogP contribution < -0.4 is 21.3 Å². The first kappa shape index (κ1) is 46.6. The summed E-state index contributed by atoms with van der Waals surface area (Å²) in [5.74, 6) is -0.528. The van der Waals surface area contributed by atoms with Crippen LogP contribution in [-0.2, 0) is 28.7 Å². The van der Waals surface area contributed by atoms with Crippen molar-refractivity contribution >= 4 is 51.3 Å². The molecule has 5 aliphatic rings. The Bertz CT molecular complexity index is 1960.